The fraction of sp³-hybridized carbons (Fsp3) is 0.364. The molecule has 0 spiro atoms. The molecule has 5 nitrogen and oxygen atoms in total. The molecule has 1 atom stereocenters. The van der Waals surface area contributed by atoms with Crippen molar-refractivity contribution >= 4 is 16.9 Å². The zero-order valence-electron chi connectivity index (χ0n) is 15.9. The summed E-state index contributed by atoms with van der Waals surface area (Å²) in [5, 5.41) is 0. The van der Waals surface area contributed by atoms with Crippen LogP contribution in [-0.2, 0) is 11.3 Å². The maximum Gasteiger partial charge on any atom is 0.223 e. The second kappa shape index (κ2) is 7.43. The van der Waals surface area contributed by atoms with E-state index in [-0.39, 0.29) is 11.8 Å². The Bertz CT molecular complexity index is 963. The maximum absolute atomic E-state index is 12.2. The molecule has 1 saturated heterocycles. The van der Waals surface area contributed by atoms with Gasteiger partial charge in [0.05, 0.1) is 17.6 Å². The number of ether oxygens (including phenoxy) is 1. The van der Waals surface area contributed by atoms with Crippen LogP contribution in [0, 0.1) is 6.92 Å². The first-order valence-electron chi connectivity index (χ1n) is 9.58. The molecule has 1 aromatic heterocycles. The molecule has 0 bridgehead atoms. The molecule has 0 N–H and O–H groups in total. The molecule has 4 rings (SSSR count). The zero-order valence-corrected chi connectivity index (χ0v) is 15.9. The van der Waals surface area contributed by atoms with Gasteiger partial charge >= 0.3 is 0 Å². The van der Waals surface area contributed by atoms with E-state index in [1.54, 1.807) is 0 Å². The molecule has 0 aliphatic carbocycles. The minimum atomic E-state index is 0.142. The van der Waals surface area contributed by atoms with Crippen LogP contribution in [0.2, 0.25) is 0 Å². The van der Waals surface area contributed by atoms with Crippen molar-refractivity contribution < 1.29 is 9.53 Å². The highest BCUT2D eigenvalue weighted by atomic mass is 16.5. The summed E-state index contributed by atoms with van der Waals surface area (Å²) in [5.74, 6) is 2.24. The molecular formula is C22H25N3O2. The molecule has 1 fully saturated rings. The van der Waals surface area contributed by atoms with Crippen LogP contribution < -0.4 is 4.74 Å². The van der Waals surface area contributed by atoms with Crippen LogP contribution in [0.1, 0.15) is 30.7 Å². The van der Waals surface area contributed by atoms with Gasteiger partial charge in [0.2, 0.25) is 5.91 Å². The lowest BCUT2D eigenvalue weighted by atomic mass is 10.1. The molecule has 1 unspecified atom stereocenters. The van der Waals surface area contributed by atoms with Crippen LogP contribution in [-0.4, -0.2) is 40.1 Å². The number of aromatic nitrogens is 2. The average Bonchev–Trinajstić information content (AvgIpc) is 3.22. The first-order valence-corrected chi connectivity index (χ1v) is 9.58. The Hall–Kier alpha value is -2.82. The van der Waals surface area contributed by atoms with E-state index in [1.807, 2.05) is 48.2 Å². The molecule has 1 aliphatic rings. The van der Waals surface area contributed by atoms with Crippen molar-refractivity contribution in [1.29, 1.82) is 0 Å². The molecule has 1 amide bonds. The number of carbonyl (C=O) groups excluding carboxylic acids is 1. The number of benzene rings is 2. The number of carbonyl (C=O) groups is 1. The number of hydrogen-bond donors (Lipinski definition) is 0. The topological polar surface area (TPSA) is 47.4 Å². The number of para-hydroxylation sites is 2. The third-order valence-corrected chi connectivity index (χ3v) is 5.22. The Labute approximate surface area is 159 Å². The highest BCUT2D eigenvalue weighted by Gasteiger charge is 2.33. The van der Waals surface area contributed by atoms with Gasteiger partial charge in [-0.15, -0.1) is 0 Å². The van der Waals surface area contributed by atoms with Crippen LogP contribution in [0.25, 0.3) is 11.0 Å². The Balaban J connectivity index is 1.58. The number of fused-ring (bicyclic) bond motifs is 1. The maximum atomic E-state index is 12.2. The second-order valence-electron chi connectivity index (χ2n) is 7.11. The number of likely N-dealkylation sites (N-methyl/N-ethyl adjacent to an activating group) is 1. The summed E-state index contributed by atoms with van der Waals surface area (Å²) in [7, 11) is 0. The Morgan fingerprint density at radius 3 is 2.81 bits per heavy atom. The lowest BCUT2D eigenvalue weighted by Gasteiger charge is -2.16. The van der Waals surface area contributed by atoms with E-state index in [0.717, 1.165) is 35.7 Å². The summed E-state index contributed by atoms with van der Waals surface area (Å²) in [6.45, 7) is 6.86. The van der Waals surface area contributed by atoms with Gasteiger partial charge in [-0.1, -0.05) is 24.3 Å². The van der Waals surface area contributed by atoms with E-state index in [4.69, 9.17) is 9.72 Å². The van der Waals surface area contributed by atoms with Crippen molar-refractivity contribution in [1.82, 2.24) is 14.5 Å². The molecule has 0 saturated carbocycles. The first kappa shape index (κ1) is 17.6. The fourth-order valence-electron chi connectivity index (χ4n) is 3.85. The third kappa shape index (κ3) is 3.54. The number of likely N-dealkylation sites (tertiary alicyclic amines) is 1. The van der Waals surface area contributed by atoms with Crippen LogP contribution >= 0.6 is 0 Å². The highest BCUT2D eigenvalue weighted by Crippen LogP contribution is 2.30. The number of aryl methyl sites for hydroxylation is 1. The monoisotopic (exact) mass is 363 g/mol. The smallest absolute Gasteiger partial charge is 0.223 e. The minimum absolute atomic E-state index is 0.142. The number of amides is 1. The van der Waals surface area contributed by atoms with E-state index in [9.17, 15) is 4.79 Å². The number of nitrogens with zero attached hydrogens (tertiary/aromatic N) is 3. The van der Waals surface area contributed by atoms with Gasteiger partial charge in [-0.05, 0) is 43.7 Å². The molecule has 5 heteroatoms. The molecular weight excluding hydrogens is 338 g/mol. The second-order valence-corrected chi connectivity index (χ2v) is 7.11. The number of hydrogen-bond acceptors (Lipinski definition) is 3. The average molecular weight is 363 g/mol. The Morgan fingerprint density at radius 2 is 2.04 bits per heavy atom. The molecule has 27 heavy (non-hydrogen) atoms. The number of imidazole rings is 1. The molecule has 0 radical (unpaired) electrons. The largest absolute Gasteiger partial charge is 0.492 e. The van der Waals surface area contributed by atoms with E-state index >= 15 is 0 Å². The SMILES string of the molecule is CCN1CC(c2nc3ccccc3n2CCOc2cccc(C)c2)CC1=O. The van der Waals surface area contributed by atoms with Gasteiger partial charge in [0, 0.05) is 25.4 Å². The van der Waals surface area contributed by atoms with Crippen LogP contribution in [0.5, 0.6) is 5.75 Å². The summed E-state index contributed by atoms with van der Waals surface area (Å²) in [4.78, 5) is 19.0. The Kier molecular flexibility index (Phi) is 4.84. The fourth-order valence-corrected chi connectivity index (χ4v) is 3.85. The lowest BCUT2D eigenvalue weighted by Crippen LogP contribution is -2.24. The molecule has 2 aromatic carbocycles. The molecule has 3 aromatic rings. The van der Waals surface area contributed by atoms with E-state index in [0.29, 0.717) is 19.6 Å². The molecule has 140 valence electrons. The van der Waals surface area contributed by atoms with Gasteiger partial charge in [0.15, 0.2) is 0 Å². The van der Waals surface area contributed by atoms with Crippen LogP contribution in [0.3, 0.4) is 0 Å². The standard InChI is InChI=1S/C22H25N3O2/c1-3-24-15-17(14-21(24)26)22-23-19-9-4-5-10-20(19)25(22)11-12-27-18-8-6-7-16(2)13-18/h4-10,13,17H,3,11-12,14-15H2,1-2H3. The van der Waals surface area contributed by atoms with Crippen molar-refractivity contribution in [2.45, 2.75) is 32.7 Å². The van der Waals surface area contributed by atoms with Gasteiger partial charge in [-0.2, -0.15) is 0 Å². The summed E-state index contributed by atoms with van der Waals surface area (Å²) in [6, 6.07) is 16.3. The van der Waals surface area contributed by atoms with Crippen molar-refractivity contribution in [2.75, 3.05) is 19.7 Å². The third-order valence-electron chi connectivity index (χ3n) is 5.22. The number of rotatable bonds is 6. The van der Waals surface area contributed by atoms with Crippen molar-refractivity contribution in [3.8, 4) is 5.75 Å². The van der Waals surface area contributed by atoms with Crippen LogP contribution in [0.15, 0.2) is 48.5 Å². The van der Waals surface area contributed by atoms with E-state index in [1.165, 1.54) is 5.56 Å². The molecule has 2 heterocycles. The minimum Gasteiger partial charge on any atom is -0.492 e. The highest BCUT2D eigenvalue weighted by molar-refractivity contribution is 5.80. The van der Waals surface area contributed by atoms with Crippen molar-refractivity contribution in [2.24, 2.45) is 0 Å². The first-order chi connectivity index (χ1) is 13.2. The summed E-state index contributed by atoms with van der Waals surface area (Å²) in [5.41, 5.74) is 3.26. The lowest BCUT2D eigenvalue weighted by molar-refractivity contribution is -0.127. The van der Waals surface area contributed by atoms with Crippen molar-refractivity contribution in [3.05, 3.63) is 59.9 Å². The van der Waals surface area contributed by atoms with Gasteiger partial charge < -0.3 is 14.2 Å². The van der Waals surface area contributed by atoms with Gasteiger partial charge in [0.25, 0.3) is 0 Å². The normalized spacial score (nSPS) is 17.0. The quantitative estimate of drug-likeness (QED) is 0.670. The van der Waals surface area contributed by atoms with E-state index < -0.39 is 0 Å². The summed E-state index contributed by atoms with van der Waals surface area (Å²) < 4.78 is 8.19. The van der Waals surface area contributed by atoms with E-state index in [2.05, 4.69) is 23.6 Å². The predicted molar refractivity (Wildman–Crippen MR) is 106 cm³/mol. The predicted octanol–water partition coefficient (Wildman–Crippen LogP) is 3.76. The zero-order chi connectivity index (χ0) is 18.8. The van der Waals surface area contributed by atoms with Gasteiger partial charge in [-0.3, -0.25) is 4.79 Å². The summed E-state index contributed by atoms with van der Waals surface area (Å²) >= 11 is 0. The molecule has 1 aliphatic heterocycles. The summed E-state index contributed by atoms with van der Waals surface area (Å²) in [6.07, 6.45) is 0.538. The van der Waals surface area contributed by atoms with Gasteiger partial charge in [0.1, 0.15) is 18.2 Å². The van der Waals surface area contributed by atoms with Gasteiger partial charge in [-0.25, -0.2) is 4.98 Å². The van der Waals surface area contributed by atoms with Crippen molar-refractivity contribution in [3.63, 3.8) is 0 Å². The van der Waals surface area contributed by atoms with Crippen LogP contribution in [0.4, 0.5) is 0 Å². The Morgan fingerprint density at radius 1 is 1.19 bits per heavy atom.